The van der Waals surface area contributed by atoms with E-state index in [-0.39, 0.29) is 16.1 Å². The van der Waals surface area contributed by atoms with Crippen molar-refractivity contribution < 1.29 is 19.4 Å². The van der Waals surface area contributed by atoms with Crippen LogP contribution in [0.5, 0.6) is 5.75 Å². The highest BCUT2D eigenvalue weighted by molar-refractivity contribution is 7.99. The maximum Gasteiger partial charge on any atom is 0.339 e. The first kappa shape index (κ1) is 18.1. The van der Waals surface area contributed by atoms with Crippen molar-refractivity contribution in [2.75, 3.05) is 0 Å². The van der Waals surface area contributed by atoms with E-state index in [0.717, 1.165) is 11.9 Å². The Hall–Kier alpha value is -1.89. The molecule has 0 fully saturated rings. The lowest BCUT2D eigenvalue weighted by Crippen LogP contribution is -2.06. The minimum atomic E-state index is -1.11. The first-order valence-electron chi connectivity index (χ1n) is 5.69. The van der Waals surface area contributed by atoms with Crippen molar-refractivity contribution in [3.05, 3.63) is 34.7 Å². The summed E-state index contributed by atoms with van der Waals surface area (Å²) in [4.78, 5) is 30.7. The summed E-state index contributed by atoms with van der Waals surface area (Å²) in [6.45, 7) is 7.05. The summed E-state index contributed by atoms with van der Waals surface area (Å²) >= 11 is 1.06. The Bertz CT molecular complexity index is 482. The second-order valence-electron chi connectivity index (χ2n) is 4.67. The van der Waals surface area contributed by atoms with E-state index in [1.807, 2.05) is 20.8 Å². The summed E-state index contributed by atoms with van der Waals surface area (Å²) in [6.07, 6.45) is 0. The Labute approximate surface area is 121 Å². The standard InChI is InChI=1S/C9H8O4.C4H9NOS/c1-6(10)13-8-5-3-2-4-7(8)9(11)12;1-4(2,3)7-5-6/h2-5H,1H3,(H,11,12);1-3H3. The molecule has 20 heavy (non-hydrogen) atoms. The normalized spacial score (nSPS) is 10.0. The molecule has 0 spiro atoms. The first-order chi connectivity index (χ1) is 9.17. The van der Waals surface area contributed by atoms with Crippen LogP contribution in [-0.2, 0) is 4.79 Å². The lowest BCUT2D eigenvalue weighted by atomic mass is 10.2. The highest BCUT2D eigenvalue weighted by atomic mass is 32.2. The van der Waals surface area contributed by atoms with Crippen molar-refractivity contribution in [1.82, 2.24) is 0 Å². The fourth-order valence-corrected chi connectivity index (χ4v) is 1.22. The van der Waals surface area contributed by atoms with Crippen LogP contribution >= 0.6 is 11.9 Å². The van der Waals surface area contributed by atoms with Crippen LogP contribution < -0.4 is 4.74 Å². The molecule has 1 rings (SSSR count). The zero-order valence-corrected chi connectivity index (χ0v) is 12.6. The van der Waals surface area contributed by atoms with Gasteiger partial charge in [-0.3, -0.25) is 4.79 Å². The Morgan fingerprint density at radius 1 is 1.25 bits per heavy atom. The molecule has 0 amide bonds. The van der Waals surface area contributed by atoms with Crippen LogP contribution in [0.3, 0.4) is 0 Å². The largest absolute Gasteiger partial charge is 0.478 e. The molecule has 0 unspecified atom stereocenters. The number of esters is 1. The number of hydrogen-bond donors (Lipinski definition) is 1. The number of para-hydroxylation sites is 1. The van der Waals surface area contributed by atoms with Crippen LogP contribution in [0.25, 0.3) is 0 Å². The van der Waals surface area contributed by atoms with Crippen molar-refractivity contribution in [3.8, 4) is 5.75 Å². The lowest BCUT2D eigenvalue weighted by Gasteiger charge is -2.08. The van der Waals surface area contributed by atoms with E-state index in [4.69, 9.17) is 5.11 Å². The van der Waals surface area contributed by atoms with Gasteiger partial charge in [-0.05, 0) is 32.9 Å². The number of aromatic carboxylic acids is 1. The van der Waals surface area contributed by atoms with Crippen molar-refractivity contribution >= 4 is 23.9 Å². The van der Waals surface area contributed by atoms with Crippen LogP contribution in [-0.4, -0.2) is 21.8 Å². The summed E-state index contributed by atoms with van der Waals surface area (Å²) < 4.78 is 7.35. The van der Waals surface area contributed by atoms with Gasteiger partial charge in [-0.2, -0.15) is 0 Å². The maximum atomic E-state index is 10.6. The van der Waals surface area contributed by atoms with Crippen LogP contribution in [0.1, 0.15) is 38.1 Å². The van der Waals surface area contributed by atoms with Gasteiger partial charge in [0, 0.05) is 28.2 Å². The molecule has 0 aliphatic carbocycles. The van der Waals surface area contributed by atoms with Gasteiger partial charge in [0.15, 0.2) is 0 Å². The molecule has 0 saturated carbocycles. The number of benzene rings is 1. The first-order valence-corrected chi connectivity index (χ1v) is 6.46. The number of rotatable bonds is 3. The maximum absolute atomic E-state index is 10.6. The van der Waals surface area contributed by atoms with E-state index >= 15 is 0 Å². The van der Waals surface area contributed by atoms with Crippen LogP contribution in [0.2, 0.25) is 0 Å². The highest BCUT2D eigenvalue weighted by Gasteiger charge is 2.11. The van der Waals surface area contributed by atoms with Crippen LogP contribution in [0.4, 0.5) is 0 Å². The Morgan fingerprint density at radius 2 is 1.80 bits per heavy atom. The third-order valence-electron chi connectivity index (χ3n) is 1.68. The van der Waals surface area contributed by atoms with E-state index in [2.05, 4.69) is 9.32 Å². The second-order valence-corrected chi connectivity index (χ2v) is 6.23. The number of hydrogen-bond acceptors (Lipinski definition) is 6. The van der Waals surface area contributed by atoms with E-state index in [1.165, 1.54) is 19.1 Å². The molecule has 0 atom stereocenters. The summed E-state index contributed by atoms with van der Waals surface area (Å²) in [5.74, 6) is -1.58. The number of nitrogens with zero attached hydrogens (tertiary/aromatic N) is 1. The predicted molar refractivity (Wildman–Crippen MR) is 77.8 cm³/mol. The van der Waals surface area contributed by atoms with Gasteiger partial charge in [-0.1, -0.05) is 12.1 Å². The highest BCUT2D eigenvalue weighted by Crippen LogP contribution is 2.22. The van der Waals surface area contributed by atoms with Gasteiger partial charge in [0.05, 0.1) is 0 Å². The molecule has 1 aromatic carbocycles. The van der Waals surface area contributed by atoms with E-state index in [9.17, 15) is 14.5 Å². The summed E-state index contributed by atoms with van der Waals surface area (Å²) in [5, 5.41) is 8.69. The van der Waals surface area contributed by atoms with Gasteiger partial charge in [0.25, 0.3) is 0 Å². The molecule has 0 heterocycles. The van der Waals surface area contributed by atoms with Crippen molar-refractivity contribution in [1.29, 1.82) is 0 Å². The molecule has 0 aliphatic rings. The molecule has 0 aliphatic heterocycles. The third-order valence-corrected chi connectivity index (χ3v) is 2.30. The number of carbonyl (C=O) groups excluding carboxylic acids is 1. The minimum Gasteiger partial charge on any atom is -0.478 e. The van der Waals surface area contributed by atoms with Crippen molar-refractivity contribution in [2.24, 2.45) is 4.58 Å². The summed E-state index contributed by atoms with van der Waals surface area (Å²) in [7, 11) is 0. The molecule has 1 N–H and O–H groups in total. The Balaban J connectivity index is 0.000000441. The molecule has 0 saturated heterocycles. The zero-order chi connectivity index (χ0) is 15.8. The van der Waals surface area contributed by atoms with E-state index in [1.54, 1.807) is 12.1 Å². The lowest BCUT2D eigenvalue weighted by molar-refractivity contribution is -0.131. The zero-order valence-electron chi connectivity index (χ0n) is 11.7. The topological polar surface area (TPSA) is 93.0 Å². The SMILES string of the molecule is CC(=O)Oc1ccccc1C(=O)O.CC(C)(C)SN=O. The molecule has 0 radical (unpaired) electrons. The summed E-state index contributed by atoms with van der Waals surface area (Å²) in [6, 6.07) is 5.98. The van der Waals surface area contributed by atoms with Gasteiger partial charge in [0.1, 0.15) is 11.3 Å². The Kier molecular flexibility index (Phi) is 7.53. The Morgan fingerprint density at radius 3 is 2.15 bits per heavy atom. The third kappa shape index (κ3) is 8.25. The molecule has 110 valence electrons. The molecular formula is C13H17NO5S. The number of ether oxygens (including phenoxy) is 1. The number of carbonyl (C=O) groups is 2. The second kappa shape index (κ2) is 8.31. The van der Waals surface area contributed by atoms with Gasteiger partial charge in [0.2, 0.25) is 0 Å². The predicted octanol–water partition coefficient (Wildman–Crippen LogP) is 3.51. The fourth-order valence-electron chi connectivity index (χ4n) is 0.999. The monoisotopic (exact) mass is 299 g/mol. The van der Waals surface area contributed by atoms with Gasteiger partial charge < -0.3 is 9.84 Å². The van der Waals surface area contributed by atoms with Crippen LogP contribution in [0, 0.1) is 4.91 Å². The van der Waals surface area contributed by atoms with Crippen molar-refractivity contribution in [2.45, 2.75) is 32.4 Å². The average molecular weight is 299 g/mol. The minimum absolute atomic E-state index is 0.0122. The summed E-state index contributed by atoms with van der Waals surface area (Å²) in [5.41, 5.74) is -0.0160. The van der Waals surface area contributed by atoms with Crippen LogP contribution in [0.15, 0.2) is 28.8 Å². The quantitative estimate of drug-likeness (QED) is 0.397. The number of carboxylic acid groups (broad SMARTS) is 1. The van der Waals surface area contributed by atoms with Gasteiger partial charge in [-0.15, -0.1) is 4.91 Å². The molecule has 0 aromatic heterocycles. The van der Waals surface area contributed by atoms with E-state index < -0.39 is 11.9 Å². The smallest absolute Gasteiger partial charge is 0.339 e. The number of nitroso groups, excluding NO2 is 1. The molecule has 7 heteroatoms. The van der Waals surface area contributed by atoms with E-state index in [0.29, 0.717) is 0 Å². The molecule has 0 bridgehead atoms. The molecular weight excluding hydrogens is 282 g/mol. The fraction of sp³-hybridized carbons (Fsp3) is 0.385. The van der Waals surface area contributed by atoms with Gasteiger partial charge >= 0.3 is 11.9 Å². The van der Waals surface area contributed by atoms with Gasteiger partial charge in [-0.25, -0.2) is 4.79 Å². The molecule has 6 nitrogen and oxygen atoms in total. The average Bonchev–Trinajstić information content (AvgIpc) is 2.27. The molecule has 1 aromatic rings. The van der Waals surface area contributed by atoms with Crippen molar-refractivity contribution in [3.63, 3.8) is 0 Å². The number of carboxylic acids is 1.